The molecular weight excluding hydrogens is 735 g/mol. The number of hydrogen-bond acceptors (Lipinski definition) is 1. The number of fused-ring (bicyclic) bond motifs is 13. The van der Waals surface area contributed by atoms with Gasteiger partial charge in [0.1, 0.15) is 0 Å². The largest absolute Gasteiger partial charge is 0.310 e. The van der Waals surface area contributed by atoms with Crippen LogP contribution in [-0.4, -0.2) is 0 Å². The Morgan fingerprint density at radius 2 is 0.836 bits per heavy atom. The van der Waals surface area contributed by atoms with Crippen LogP contribution < -0.4 is 4.90 Å². The smallest absolute Gasteiger partial charge is 0.0732 e. The van der Waals surface area contributed by atoms with Gasteiger partial charge in [0.15, 0.2) is 0 Å². The zero-order valence-electron chi connectivity index (χ0n) is 34.2. The number of nitrogens with zero attached hydrogens (tertiary/aromatic N) is 1. The van der Waals surface area contributed by atoms with Crippen molar-refractivity contribution in [3.05, 3.63) is 246 Å². The third kappa shape index (κ3) is 4.56. The number of hydrogen-bond donors (Lipinski definition) is 0. The van der Waals surface area contributed by atoms with Crippen molar-refractivity contribution >= 4 is 38.6 Å². The fraction of sp³-hybridized carbons (Fsp3) is 0.0667. The van der Waals surface area contributed by atoms with Gasteiger partial charge in [-0.05, 0) is 136 Å². The van der Waals surface area contributed by atoms with Gasteiger partial charge in [-0.1, -0.05) is 190 Å². The van der Waals surface area contributed by atoms with Crippen LogP contribution in [0.25, 0.3) is 66.1 Å². The van der Waals surface area contributed by atoms with Crippen LogP contribution >= 0.6 is 0 Å². The molecule has 0 amide bonds. The maximum atomic E-state index is 2.53. The van der Waals surface area contributed by atoms with E-state index in [4.69, 9.17) is 0 Å². The number of rotatable bonds is 4. The molecule has 13 rings (SSSR count). The lowest BCUT2D eigenvalue weighted by atomic mass is 9.60. The highest BCUT2D eigenvalue weighted by Gasteiger charge is 2.51. The Kier molecular flexibility index (Phi) is 7.06. The Hall–Kier alpha value is -7.48. The Morgan fingerprint density at radius 1 is 0.311 bits per heavy atom. The quantitative estimate of drug-likeness (QED) is 0.172. The molecule has 0 saturated heterocycles. The van der Waals surface area contributed by atoms with Crippen LogP contribution in [0.1, 0.15) is 47.2 Å². The van der Waals surface area contributed by atoms with Gasteiger partial charge < -0.3 is 4.90 Å². The molecule has 1 spiro atoms. The summed E-state index contributed by atoms with van der Waals surface area (Å²) in [5.74, 6) is 0. The molecule has 1 nitrogen and oxygen atoms in total. The summed E-state index contributed by atoms with van der Waals surface area (Å²) in [4.78, 5) is 2.47. The SMILES string of the molecule is CC1(C)c2ccccc2-c2cc(N(c3ccccc3)c3ccc4c(c3)C3(c5ccccc5-4)c4ccccc4-c4cccc5ccc(-c6cccc7ccccc67)c3c45)ccc21. The molecule has 3 aliphatic carbocycles. The van der Waals surface area contributed by atoms with Crippen LogP contribution in [0.5, 0.6) is 0 Å². The Morgan fingerprint density at radius 3 is 1.62 bits per heavy atom. The minimum Gasteiger partial charge on any atom is -0.310 e. The van der Waals surface area contributed by atoms with Gasteiger partial charge in [-0.3, -0.25) is 0 Å². The monoisotopic (exact) mass is 775 g/mol. The minimum absolute atomic E-state index is 0.0682. The first-order valence-corrected chi connectivity index (χ1v) is 21.5. The molecule has 3 aliphatic rings. The third-order valence-electron chi connectivity index (χ3n) is 14.2. The van der Waals surface area contributed by atoms with Crippen molar-refractivity contribution in [3.8, 4) is 44.5 Å². The average molecular weight is 776 g/mol. The van der Waals surface area contributed by atoms with Crippen molar-refractivity contribution in [3.63, 3.8) is 0 Å². The van der Waals surface area contributed by atoms with Crippen LogP contribution in [0, 0.1) is 0 Å². The van der Waals surface area contributed by atoms with Crippen molar-refractivity contribution in [1.29, 1.82) is 0 Å². The molecule has 0 fully saturated rings. The molecule has 286 valence electrons. The third-order valence-corrected chi connectivity index (χ3v) is 14.2. The van der Waals surface area contributed by atoms with E-state index in [2.05, 4.69) is 231 Å². The average Bonchev–Trinajstić information content (AvgIpc) is 3.73. The molecule has 0 aromatic heterocycles. The molecule has 61 heavy (non-hydrogen) atoms. The second kappa shape index (κ2) is 12.5. The van der Waals surface area contributed by atoms with Crippen molar-refractivity contribution in [1.82, 2.24) is 0 Å². The highest BCUT2D eigenvalue weighted by atomic mass is 15.1. The summed E-state index contributed by atoms with van der Waals surface area (Å²) in [6.45, 7) is 4.72. The lowest BCUT2D eigenvalue weighted by molar-refractivity contribution is 0.660. The van der Waals surface area contributed by atoms with Gasteiger partial charge in [-0.25, -0.2) is 0 Å². The molecule has 0 saturated carbocycles. The molecule has 1 heteroatoms. The highest BCUT2D eigenvalue weighted by Crippen LogP contribution is 2.64. The van der Waals surface area contributed by atoms with Gasteiger partial charge in [0, 0.05) is 22.5 Å². The first-order valence-electron chi connectivity index (χ1n) is 21.5. The second-order valence-corrected chi connectivity index (χ2v) is 17.6. The summed E-state index contributed by atoms with van der Waals surface area (Å²) < 4.78 is 0. The minimum atomic E-state index is -0.609. The van der Waals surface area contributed by atoms with E-state index in [9.17, 15) is 0 Å². The van der Waals surface area contributed by atoms with Gasteiger partial charge >= 0.3 is 0 Å². The molecule has 10 aromatic rings. The first kappa shape index (κ1) is 34.4. The lowest BCUT2D eigenvalue weighted by Crippen LogP contribution is -2.32. The number of para-hydroxylation sites is 1. The van der Waals surface area contributed by atoms with E-state index in [1.54, 1.807) is 0 Å². The van der Waals surface area contributed by atoms with Crippen LogP contribution in [0.3, 0.4) is 0 Å². The molecule has 0 radical (unpaired) electrons. The van der Waals surface area contributed by atoms with Gasteiger partial charge in [0.2, 0.25) is 0 Å². The van der Waals surface area contributed by atoms with E-state index >= 15 is 0 Å². The highest BCUT2D eigenvalue weighted by molar-refractivity contribution is 6.12. The second-order valence-electron chi connectivity index (χ2n) is 17.6. The van der Waals surface area contributed by atoms with Crippen molar-refractivity contribution < 1.29 is 0 Å². The summed E-state index contributed by atoms with van der Waals surface area (Å²) in [5, 5.41) is 5.11. The molecule has 1 atom stereocenters. The molecule has 0 heterocycles. The zero-order chi connectivity index (χ0) is 40.5. The maximum Gasteiger partial charge on any atom is 0.0732 e. The van der Waals surface area contributed by atoms with E-state index in [0.29, 0.717) is 0 Å². The Balaban J connectivity index is 1.14. The summed E-state index contributed by atoms with van der Waals surface area (Å²) in [6.07, 6.45) is 0. The van der Waals surface area contributed by atoms with Gasteiger partial charge in [-0.15, -0.1) is 0 Å². The topological polar surface area (TPSA) is 3.24 Å². The molecule has 0 N–H and O–H groups in total. The molecule has 1 unspecified atom stereocenters. The molecular formula is C60H41N. The van der Waals surface area contributed by atoms with E-state index in [1.165, 1.54) is 99.4 Å². The van der Waals surface area contributed by atoms with Crippen LogP contribution in [0.15, 0.2) is 212 Å². The van der Waals surface area contributed by atoms with Gasteiger partial charge in [0.25, 0.3) is 0 Å². The van der Waals surface area contributed by atoms with Gasteiger partial charge in [-0.2, -0.15) is 0 Å². The predicted octanol–water partition coefficient (Wildman–Crippen LogP) is 15.8. The summed E-state index contributed by atoms with van der Waals surface area (Å²) >= 11 is 0. The van der Waals surface area contributed by atoms with Crippen LogP contribution in [-0.2, 0) is 10.8 Å². The Labute approximate surface area is 356 Å². The molecule has 10 aromatic carbocycles. The Bertz CT molecular complexity index is 3460. The number of benzene rings is 10. The van der Waals surface area contributed by atoms with E-state index in [-0.39, 0.29) is 5.41 Å². The first-order chi connectivity index (χ1) is 30.0. The van der Waals surface area contributed by atoms with Crippen LogP contribution in [0.2, 0.25) is 0 Å². The summed E-state index contributed by atoms with van der Waals surface area (Å²) in [7, 11) is 0. The van der Waals surface area contributed by atoms with E-state index < -0.39 is 5.41 Å². The molecule has 0 bridgehead atoms. The maximum absolute atomic E-state index is 2.53. The zero-order valence-corrected chi connectivity index (χ0v) is 34.2. The normalized spacial score (nSPS) is 15.9. The van der Waals surface area contributed by atoms with Crippen molar-refractivity contribution in [2.45, 2.75) is 24.7 Å². The van der Waals surface area contributed by atoms with Gasteiger partial charge in [0.05, 0.1) is 5.41 Å². The lowest BCUT2D eigenvalue weighted by Gasteiger charge is -2.42. The standard InChI is InChI=1S/C60H41N/c1-59(2)52-27-11-8-24-47(52)51-36-41(32-35-53(51)59)61(40-19-4-3-5-20-40)42-31-34-48-45-22-9-12-28-54(45)60(56(48)37-42)55-29-13-10-23-46(55)49-26-15-18-39-30-33-50(58(60)57(39)49)44-25-14-17-38-16-6-7-21-43(38)44/h3-37H,1-2H3. The van der Waals surface area contributed by atoms with Crippen LogP contribution in [0.4, 0.5) is 17.1 Å². The van der Waals surface area contributed by atoms with Crippen molar-refractivity contribution in [2.75, 3.05) is 4.90 Å². The van der Waals surface area contributed by atoms with Crippen molar-refractivity contribution in [2.24, 2.45) is 0 Å². The fourth-order valence-electron chi connectivity index (χ4n) is 11.7. The van der Waals surface area contributed by atoms with E-state index in [0.717, 1.165) is 17.1 Å². The summed E-state index contributed by atoms with van der Waals surface area (Å²) in [6, 6.07) is 80.0. The van der Waals surface area contributed by atoms with E-state index in [1.807, 2.05) is 0 Å². The number of anilines is 3. The molecule has 0 aliphatic heterocycles. The predicted molar refractivity (Wildman–Crippen MR) is 255 cm³/mol. The summed E-state index contributed by atoms with van der Waals surface area (Å²) in [5.41, 5.74) is 21.2. The fourth-order valence-corrected chi connectivity index (χ4v) is 11.7.